The third kappa shape index (κ3) is 3.65. The Morgan fingerprint density at radius 1 is 1.26 bits per heavy atom. The van der Waals surface area contributed by atoms with E-state index < -0.39 is 0 Å². The number of aromatic nitrogens is 2. The van der Waals surface area contributed by atoms with E-state index in [9.17, 15) is 0 Å². The van der Waals surface area contributed by atoms with Crippen LogP contribution in [-0.4, -0.2) is 66.0 Å². The quantitative estimate of drug-likeness (QED) is 0.909. The number of hydrogen-bond acceptors (Lipinski definition) is 6. The molecule has 0 radical (unpaired) electrons. The standard InChI is InChI=1S/C17H26N4O2/c1-5-18-16(19-6-1)20-15-10-17(23-12-15)4-7-21(13-17)11-14-2-8-22-9-3-14/h1,5-6,14-15H,2-4,7-13H2,(H,18,19,20)/t15-,17+/m1/s1. The number of hydrogen-bond donors (Lipinski definition) is 1. The van der Waals surface area contributed by atoms with Crippen LogP contribution in [-0.2, 0) is 9.47 Å². The molecule has 23 heavy (non-hydrogen) atoms. The van der Waals surface area contributed by atoms with Gasteiger partial charge in [-0.15, -0.1) is 0 Å². The van der Waals surface area contributed by atoms with Crippen molar-refractivity contribution in [3.05, 3.63) is 18.5 Å². The summed E-state index contributed by atoms with van der Waals surface area (Å²) in [5, 5.41) is 3.41. The normalized spacial score (nSPS) is 32.6. The molecule has 126 valence electrons. The summed E-state index contributed by atoms with van der Waals surface area (Å²) in [6.07, 6.45) is 8.15. The van der Waals surface area contributed by atoms with E-state index in [0.29, 0.717) is 12.0 Å². The highest BCUT2D eigenvalue weighted by atomic mass is 16.5. The van der Waals surface area contributed by atoms with Gasteiger partial charge in [0.25, 0.3) is 0 Å². The van der Waals surface area contributed by atoms with Crippen molar-refractivity contribution in [3.8, 4) is 0 Å². The van der Waals surface area contributed by atoms with E-state index >= 15 is 0 Å². The van der Waals surface area contributed by atoms with Crippen LogP contribution in [0.2, 0.25) is 0 Å². The maximum Gasteiger partial charge on any atom is 0.222 e. The van der Waals surface area contributed by atoms with E-state index in [4.69, 9.17) is 9.47 Å². The van der Waals surface area contributed by atoms with Crippen LogP contribution in [0.4, 0.5) is 5.95 Å². The second-order valence-electron chi connectivity index (χ2n) is 7.15. The lowest BCUT2D eigenvalue weighted by atomic mass is 9.97. The smallest absolute Gasteiger partial charge is 0.222 e. The van der Waals surface area contributed by atoms with Crippen molar-refractivity contribution in [3.63, 3.8) is 0 Å². The molecule has 3 aliphatic rings. The van der Waals surface area contributed by atoms with Crippen LogP contribution in [0, 0.1) is 5.92 Å². The second kappa shape index (κ2) is 6.71. The van der Waals surface area contributed by atoms with Gasteiger partial charge in [-0.25, -0.2) is 9.97 Å². The van der Waals surface area contributed by atoms with Crippen molar-refractivity contribution < 1.29 is 9.47 Å². The lowest BCUT2D eigenvalue weighted by Gasteiger charge is -2.28. The number of nitrogens with zero attached hydrogens (tertiary/aromatic N) is 3. The zero-order chi connectivity index (χ0) is 15.5. The third-order valence-electron chi connectivity index (χ3n) is 5.36. The van der Waals surface area contributed by atoms with Crippen LogP contribution in [0.5, 0.6) is 0 Å². The Morgan fingerprint density at radius 2 is 2.09 bits per heavy atom. The first-order chi connectivity index (χ1) is 11.3. The number of ether oxygens (including phenoxy) is 2. The molecule has 0 aromatic carbocycles. The highest BCUT2D eigenvalue weighted by molar-refractivity contribution is 5.25. The van der Waals surface area contributed by atoms with Crippen LogP contribution in [0.15, 0.2) is 18.5 Å². The van der Waals surface area contributed by atoms with Gasteiger partial charge in [0.1, 0.15) is 0 Å². The Hall–Kier alpha value is -1.24. The number of rotatable bonds is 4. The van der Waals surface area contributed by atoms with Gasteiger partial charge in [-0.1, -0.05) is 0 Å². The molecule has 3 fully saturated rings. The van der Waals surface area contributed by atoms with Gasteiger partial charge in [-0.3, -0.25) is 0 Å². The fraction of sp³-hybridized carbons (Fsp3) is 0.765. The number of anilines is 1. The summed E-state index contributed by atoms with van der Waals surface area (Å²) in [6, 6.07) is 2.16. The van der Waals surface area contributed by atoms with Crippen LogP contribution in [0.3, 0.4) is 0 Å². The van der Waals surface area contributed by atoms with Crippen LogP contribution >= 0.6 is 0 Å². The summed E-state index contributed by atoms with van der Waals surface area (Å²) in [6.45, 7) is 6.05. The Balaban J connectivity index is 1.28. The molecule has 0 bridgehead atoms. The Labute approximate surface area is 137 Å². The van der Waals surface area contributed by atoms with Crippen LogP contribution in [0.25, 0.3) is 0 Å². The van der Waals surface area contributed by atoms with Gasteiger partial charge < -0.3 is 19.7 Å². The molecule has 1 aromatic rings. The molecule has 1 spiro atoms. The molecule has 3 aliphatic heterocycles. The molecule has 0 amide bonds. The minimum Gasteiger partial charge on any atom is -0.381 e. The third-order valence-corrected chi connectivity index (χ3v) is 5.36. The largest absolute Gasteiger partial charge is 0.381 e. The average molecular weight is 318 g/mol. The van der Waals surface area contributed by atoms with E-state index in [1.54, 1.807) is 12.4 Å². The summed E-state index contributed by atoms with van der Waals surface area (Å²) < 4.78 is 11.7. The van der Waals surface area contributed by atoms with E-state index in [-0.39, 0.29) is 5.60 Å². The molecule has 0 unspecified atom stereocenters. The maximum atomic E-state index is 6.22. The highest BCUT2D eigenvalue weighted by Gasteiger charge is 2.45. The SMILES string of the molecule is c1cnc(N[C@H]2CO[C@@]3(CCN(CC4CCOCC4)C3)C2)nc1. The predicted octanol–water partition coefficient (Wildman–Crippen LogP) is 1.55. The van der Waals surface area contributed by atoms with Crippen molar-refractivity contribution in [2.24, 2.45) is 5.92 Å². The number of nitrogens with one attached hydrogen (secondary N) is 1. The topological polar surface area (TPSA) is 59.5 Å². The van der Waals surface area contributed by atoms with Gasteiger partial charge in [0, 0.05) is 51.7 Å². The highest BCUT2D eigenvalue weighted by Crippen LogP contribution is 2.36. The van der Waals surface area contributed by atoms with Crippen molar-refractivity contribution in [2.45, 2.75) is 37.3 Å². The fourth-order valence-electron chi connectivity index (χ4n) is 4.16. The summed E-state index contributed by atoms with van der Waals surface area (Å²) in [5.41, 5.74) is 0.0393. The Bertz CT molecular complexity index is 509. The maximum absolute atomic E-state index is 6.22. The van der Waals surface area contributed by atoms with Gasteiger partial charge >= 0.3 is 0 Å². The minimum absolute atomic E-state index is 0.0393. The molecular formula is C17H26N4O2. The summed E-state index contributed by atoms with van der Waals surface area (Å²) in [4.78, 5) is 11.1. The van der Waals surface area contributed by atoms with Crippen LogP contribution in [0.1, 0.15) is 25.7 Å². The van der Waals surface area contributed by atoms with E-state index in [1.165, 1.54) is 19.4 Å². The molecule has 4 heterocycles. The Morgan fingerprint density at radius 3 is 2.91 bits per heavy atom. The first kappa shape index (κ1) is 15.3. The molecule has 1 N–H and O–H groups in total. The lowest BCUT2D eigenvalue weighted by Crippen LogP contribution is -2.36. The molecule has 0 saturated carbocycles. The molecule has 0 aliphatic carbocycles. The first-order valence-electron chi connectivity index (χ1n) is 8.79. The summed E-state index contributed by atoms with van der Waals surface area (Å²) in [5.74, 6) is 1.50. The van der Waals surface area contributed by atoms with Crippen molar-refractivity contribution in [1.29, 1.82) is 0 Å². The van der Waals surface area contributed by atoms with Crippen LogP contribution < -0.4 is 5.32 Å². The van der Waals surface area contributed by atoms with Gasteiger partial charge in [-0.2, -0.15) is 0 Å². The molecule has 6 nitrogen and oxygen atoms in total. The monoisotopic (exact) mass is 318 g/mol. The van der Waals surface area contributed by atoms with E-state index in [1.807, 2.05) is 6.07 Å². The molecule has 3 saturated heterocycles. The van der Waals surface area contributed by atoms with Crippen molar-refractivity contribution in [1.82, 2.24) is 14.9 Å². The van der Waals surface area contributed by atoms with Gasteiger partial charge in [0.2, 0.25) is 5.95 Å². The fourth-order valence-corrected chi connectivity index (χ4v) is 4.16. The van der Waals surface area contributed by atoms with E-state index in [0.717, 1.165) is 51.7 Å². The average Bonchev–Trinajstić information content (AvgIpc) is 3.16. The van der Waals surface area contributed by atoms with Gasteiger partial charge in [0.05, 0.1) is 18.2 Å². The summed E-state index contributed by atoms with van der Waals surface area (Å²) in [7, 11) is 0. The van der Waals surface area contributed by atoms with Gasteiger partial charge in [-0.05, 0) is 31.2 Å². The lowest BCUT2D eigenvalue weighted by molar-refractivity contribution is 0.00796. The predicted molar refractivity (Wildman–Crippen MR) is 87.3 cm³/mol. The molecule has 4 rings (SSSR count). The van der Waals surface area contributed by atoms with E-state index in [2.05, 4.69) is 20.2 Å². The minimum atomic E-state index is 0.0393. The molecule has 6 heteroatoms. The second-order valence-corrected chi connectivity index (χ2v) is 7.15. The molecular weight excluding hydrogens is 292 g/mol. The summed E-state index contributed by atoms with van der Waals surface area (Å²) >= 11 is 0. The van der Waals surface area contributed by atoms with Crippen molar-refractivity contribution >= 4 is 5.95 Å². The molecule has 2 atom stereocenters. The zero-order valence-electron chi connectivity index (χ0n) is 13.6. The first-order valence-corrected chi connectivity index (χ1v) is 8.79. The molecule has 1 aromatic heterocycles. The van der Waals surface area contributed by atoms with Gasteiger partial charge in [0.15, 0.2) is 0 Å². The Kier molecular flexibility index (Phi) is 4.46. The number of likely N-dealkylation sites (tertiary alicyclic amines) is 1. The van der Waals surface area contributed by atoms with Crippen molar-refractivity contribution in [2.75, 3.05) is 44.8 Å². The zero-order valence-corrected chi connectivity index (χ0v) is 13.6.